The number of rotatable bonds is 5. The number of methoxy groups -OCH3 is 1. The Balaban J connectivity index is 1.61. The quantitative estimate of drug-likeness (QED) is 0.895. The van der Waals surface area contributed by atoms with Crippen LogP contribution in [0.4, 0.5) is 0 Å². The summed E-state index contributed by atoms with van der Waals surface area (Å²) in [4.78, 5) is 24.7. The van der Waals surface area contributed by atoms with Gasteiger partial charge >= 0.3 is 0 Å². The summed E-state index contributed by atoms with van der Waals surface area (Å²) < 4.78 is 10.9. The number of carbonyl (C=O) groups excluding carboxylic acids is 2. The first-order valence-corrected chi connectivity index (χ1v) is 8.65. The highest BCUT2D eigenvalue weighted by Gasteiger charge is 2.32. The predicted molar refractivity (Wildman–Crippen MR) is 99.1 cm³/mol. The van der Waals surface area contributed by atoms with Crippen LogP contribution in [0.25, 0.3) is 0 Å². The molecule has 1 amide bonds. The maximum atomic E-state index is 12.4. The minimum Gasteiger partial charge on any atom is -0.497 e. The van der Waals surface area contributed by atoms with Crippen molar-refractivity contribution >= 4 is 11.7 Å². The molecule has 3 rings (SSSR count). The fourth-order valence-electron chi connectivity index (χ4n) is 3.01. The number of hydrogen-bond donors (Lipinski definition) is 1. The molecule has 0 aromatic heterocycles. The molecule has 5 heteroatoms. The maximum Gasteiger partial charge on any atom is 0.251 e. The molecule has 0 saturated carbocycles. The van der Waals surface area contributed by atoms with Crippen molar-refractivity contribution in [2.24, 2.45) is 0 Å². The third-order valence-corrected chi connectivity index (χ3v) is 4.37. The number of carbonyl (C=O) groups is 2. The molecule has 2 aromatic carbocycles. The van der Waals surface area contributed by atoms with E-state index in [2.05, 4.69) is 5.32 Å². The second-order valence-electron chi connectivity index (χ2n) is 7.03. The van der Waals surface area contributed by atoms with Crippen LogP contribution < -0.4 is 14.8 Å². The van der Waals surface area contributed by atoms with Gasteiger partial charge in [0.25, 0.3) is 5.91 Å². The van der Waals surface area contributed by atoms with Gasteiger partial charge in [0.05, 0.1) is 19.1 Å². The largest absolute Gasteiger partial charge is 0.497 e. The number of amides is 1. The number of nitrogens with one attached hydrogen (secondary N) is 1. The molecule has 0 spiro atoms. The maximum absolute atomic E-state index is 12.4. The summed E-state index contributed by atoms with van der Waals surface area (Å²) in [6.07, 6.45) is 1.03. The second-order valence-corrected chi connectivity index (χ2v) is 7.03. The Bertz CT molecular complexity index is 824. The number of ketones is 1. The molecule has 0 radical (unpaired) electrons. The van der Waals surface area contributed by atoms with Crippen LogP contribution in [-0.4, -0.2) is 30.9 Å². The fraction of sp³-hybridized carbons (Fsp3) is 0.333. The van der Waals surface area contributed by atoms with Gasteiger partial charge in [0.1, 0.15) is 17.1 Å². The van der Waals surface area contributed by atoms with Crippen LogP contribution in [0.5, 0.6) is 11.5 Å². The van der Waals surface area contributed by atoms with Crippen molar-refractivity contribution in [3.05, 3.63) is 59.2 Å². The van der Waals surface area contributed by atoms with Crippen molar-refractivity contribution in [3.8, 4) is 11.5 Å². The molecule has 0 atom stereocenters. The summed E-state index contributed by atoms with van der Waals surface area (Å²) in [7, 11) is 1.63. The molecule has 136 valence electrons. The van der Waals surface area contributed by atoms with E-state index in [0.717, 1.165) is 17.7 Å². The second kappa shape index (κ2) is 7.20. The van der Waals surface area contributed by atoms with Crippen LogP contribution in [0.3, 0.4) is 0 Å². The topological polar surface area (TPSA) is 64.6 Å². The van der Waals surface area contributed by atoms with E-state index in [9.17, 15) is 9.59 Å². The minimum absolute atomic E-state index is 0.00383. The van der Waals surface area contributed by atoms with E-state index in [-0.39, 0.29) is 11.7 Å². The average molecular weight is 353 g/mol. The molecule has 1 heterocycles. The van der Waals surface area contributed by atoms with Gasteiger partial charge in [-0.25, -0.2) is 0 Å². The smallest absolute Gasteiger partial charge is 0.251 e. The number of Topliss-reactive ketones (excluding diaryl/α,β-unsaturated/α-hetero) is 1. The standard InChI is InChI=1S/C21H23NO4/c1-21(2)13-18(23)17-12-15(6-9-19(17)26-21)20(24)22-11-10-14-4-7-16(25-3)8-5-14/h4-9,12H,10-11,13H2,1-3H3,(H,22,24). The van der Waals surface area contributed by atoms with Crippen LogP contribution in [0.2, 0.25) is 0 Å². The van der Waals surface area contributed by atoms with Gasteiger partial charge in [-0.3, -0.25) is 9.59 Å². The van der Waals surface area contributed by atoms with Crippen molar-refractivity contribution in [2.45, 2.75) is 32.3 Å². The van der Waals surface area contributed by atoms with Crippen molar-refractivity contribution in [1.29, 1.82) is 0 Å². The molecule has 0 unspecified atom stereocenters. The average Bonchev–Trinajstić information content (AvgIpc) is 2.61. The van der Waals surface area contributed by atoms with E-state index in [1.165, 1.54) is 0 Å². The molecular weight excluding hydrogens is 330 g/mol. The van der Waals surface area contributed by atoms with Crippen LogP contribution in [-0.2, 0) is 6.42 Å². The first-order valence-electron chi connectivity index (χ1n) is 8.65. The Kier molecular flexibility index (Phi) is 4.98. The van der Waals surface area contributed by atoms with E-state index in [4.69, 9.17) is 9.47 Å². The molecule has 1 N–H and O–H groups in total. The molecule has 2 aromatic rings. The highest BCUT2D eigenvalue weighted by atomic mass is 16.5. The molecule has 26 heavy (non-hydrogen) atoms. The van der Waals surface area contributed by atoms with E-state index in [1.54, 1.807) is 25.3 Å². The third-order valence-electron chi connectivity index (χ3n) is 4.37. The van der Waals surface area contributed by atoms with Crippen LogP contribution >= 0.6 is 0 Å². The predicted octanol–water partition coefficient (Wildman–Crippen LogP) is 3.41. The number of ether oxygens (including phenoxy) is 2. The molecular formula is C21H23NO4. The Morgan fingerprint density at radius 3 is 2.62 bits per heavy atom. The third kappa shape index (κ3) is 4.04. The van der Waals surface area contributed by atoms with Gasteiger partial charge in [-0.1, -0.05) is 12.1 Å². The van der Waals surface area contributed by atoms with Gasteiger partial charge in [-0.15, -0.1) is 0 Å². The summed E-state index contributed by atoms with van der Waals surface area (Å²) >= 11 is 0. The highest BCUT2D eigenvalue weighted by Crippen LogP contribution is 2.33. The molecule has 0 fully saturated rings. The number of fused-ring (bicyclic) bond motifs is 1. The molecule has 1 aliphatic heterocycles. The summed E-state index contributed by atoms with van der Waals surface area (Å²) in [6.45, 7) is 4.28. The van der Waals surface area contributed by atoms with Crippen molar-refractivity contribution < 1.29 is 19.1 Å². The van der Waals surface area contributed by atoms with Crippen molar-refractivity contribution in [1.82, 2.24) is 5.32 Å². The lowest BCUT2D eigenvalue weighted by atomic mass is 9.92. The van der Waals surface area contributed by atoms with Gasteiger partial charge in [-0.2, -0.15) is 0 Å². The van der Waals surface area contributed by atoms with E-state index < -0.39 is 5.60 Å². The number of benzene rings is 2. The SMILES string of the molecule is COc1ccc(CCNC(=O)c2ccc3c(c2)C(=O)CC(C)(C)O3)cc1. The van der Waals surface area contributed by atoms with Gasteiger partial charge in [0.2, 0.25) is 0 Å². The van der Waals surface area contributed by atoms with Crippen molar-refractivity contribution in [2.75, 3.05) is 13.7 Å². The minimum atomic E-state index is -0.508. The Morgan fingerprint density at radius 2 is 1.92 bits per heavy atom. The molecule has 0 bridgehead atoms. The lowest BCUT2D eigenvalue weighted by Gasteiger charge is -2.31. The number of hydrogen-bond acceptors (Lipinski definition) is 4. The van der Waals surface area contributed by atoms with Crippen LogP contribution in [0, 0.1) is 0 Å². The Morgan fingerprint density at radius 1 is 1.19 bits per heavy atom. The summed E-state index contributed by atoms with van der Waals surface area (Å²) in [5, 5.41) is 2.89. The summed E-state index contributed by atoms with van der Waals surface area (Å²) in [5.74, 6) is 1.16. The van der Waals surface area contributed by atoms with Crippen LogP contribution in [0.15, 0.2) is 42.5 Å². The first-order chi connectivity index (χ1) is 12.4. The molecule has 5 nitrogen and oxygen atoms in total. The summed E-state index contributed by atoms with van der Waals surface area (Å²) in [6, 6.07) is 12.8. The Labute approximate surface area is 153 Å². The monoisotopic (exact) mass is 353 g/mol. The highest BCUT2D eigenvalue weighted by molar-refractivity contribution is 6.03. The zero-order valence-electron chi connectivity index (χ0n) is 15.3. The fourth-order valence-corrected chi connectivity index (χ4v) is 3.01. The van der Waals surface area contributed by atoms with E-state index in [0.29, 0.717) is 29.8 Å². The first kappa shape index (κ1) is 18.0. The van der Waals surface area contributed by atoms with Gasteiger partial charge in [0.15, 0.2) is 5.78 Å². The Hall–Kier alpha value is -2.82. The van der Waals surface area contributed by atoms with Gasteiger partial charge in [0, 0.05) is 12.1 Å². The molecule has 0 saturated heterocycles. The van der Waals surface area contributed by atoms with Gasteiger partial charge in [-0.05, 0) is 56.2 Å². The summed E-state index contributed by atoms with van der Waals surface area (Å²) in [5.41, 5.74) is 1.55. The normalized spacial score (nSPS) is 15.0. The van der Waals surface area contributed by atoms with Gasteiger partial charge < -0.3 is 14.8 Å². The molecule has 0 aliphatic carbocycles. The van der Waals surface area contributed by atoms with Crippen LogP contribution in [0.1, 0.15) is 46.5 Å². The lowest BCUT2D eigenvalue weighted by molar-refractivity contribution is 0.0620. The zero-order chi connectivity index (χ0) is 18.7. The van der Waals surface area contributed by atoms with Crippen molar-refractivity contribution in [3.63, 3.8) is 0 Å². The van der Waals surface area contributed by atoms with E-state index in [1.807, 2.05) is 38.1 Å². The lowest BCUT2D eigenvalue weighted by Crippen LogP contribution is -2.36. The molecule has 1 aliphatic rings. The zero-order valence-corrected chi connectivity index (χ0v) is 15.3. The van der Waals surface area contributed by atoms with E-state index >= 15 is 0 Å².